The van der Waals surface area contributed by atoms with Gasteiger partial charge < -0.3 is 26.6 Å². The van der Waals surface area contributed by atoms with Crippen molar-refractivity contribution in [3.8, 4) is 0 Å². The summed E-state index contributed by atoms with van der Waals surface area (Å²) in [5.74, 6) is 0.972. The van der Waals surface area contributed by atoms with Crippen LogP contribution in [0.1, 0.15) is 0 Å². The lowest BCUT2D eigenvalue weighted by molar-refractivity contribution is 0.425. The molecule has 0 aliphatic rings. The number of benzene rings is 1. The molecule has 0 aliphatic heterocycles. The van der Waals surface area contributed by atoms with Crippen LogP contribution in [-0.2, 0) is 0 Å². The van der Waals surface area contributed by atoms with Crippen molar-refractivity contribution < 1.29 is 16.4 Å². The smallest absolute Gasteiger partial charge is 0.133 e. The van der Waals surface area contributed by atoms with Crippen molar-refractivity contribution in [2.45, 2.75) is 0 Å². The fourth-order valence-electron chi connectivity index (χ4n) is 1.66. The number of anilines is 1. The summed E-state index contributed by atoms with van der Waals surface area (Å²) in [5.41, 5.74) is 0. The van der Waals surface area contributed by atoms with Gasteiger partial charge in [-0.25, -0.2) is 4.98 Å². The summed E-state index contributed by atoms with van der Waals surface area (Å²) in [6.07, 6.45) is 1.85. The third kappa shape index (κ3) is 8.30. The predicted octanol–water partition coefficient (Wildman–Crippen LogP) is 0.890. The number of hydrogen-bond acceptors (Lipinski definition) is 3. The van der Waals surface area contributed by atoms with Crippen LogP contribution in [0.25, 0.3) is 10.8 Å². The molecule has 8 heteroatoms. The molecular formula is C13H25Br2N3O3. The minimum absolute atomic E-state index is 0. The first-order valence-electron chi connectivity index (χ1n) is 5.50. The summed E-state index contributed by atoms with van der Waals surface area (Å²) in [5, 5.41) is 5.78. The Morgan fingerprint density at radius 1 is 1.00 bits per heavy atom. The average molecular weight is 431 g/mol. The highest BCUT2D eigenvalue weighted by molar-refractivity contribution is 8.93. The lowest BCUT2D eigenvalue weighted by atomic mass is 10.1. The number of halogens is 2. The van der Waals surface area contributed by atoms with E-state index in [0.717, 1.165) is 18.9 Å². The van der Waals surface area contributed by atoms with Crippen molar-refractivity contribution in [1.82, 2.24) is 9.88 Å². The van der Waals surface area contributed by atoms with Gasteiger partial charge in [0.25, 0.3) is 0 Å². The number of aromatic nitrogens is 1. The number of rotatable bonds is 4. The van der Waals surface area contributed by atoms with Gasteiger partial charge in [-0.2, -0.15) is 0 Å². The Morgan fingerprint density at radius 3 is 2.24 bits per heavy atom. The second kappa shape index (κ2) is 14.2. The van der Waals surface area contributed by atoms with Gasteiger partial charge in [0.05, 0.1) is 0 Å². The maximum Gasteiger partial charge on any atom is 0.133 e. The molecule has 1 aromatic heterocycles. The Balaban J connectivity index is -0.000000289. The zero-order valence-corrected chi connectivity index (χ0v) is 15.5. The lowest BCUT2D eigenvalue weighted by Gasteiger charge is -2.12. The third-order valence-electron chi connectivity index (χ3n) is 2.53. The maximum absolute atomic E-state index is 4.37. The van der Waals surface area contributed by atoms with Gasteiger partial charge in [-0.1, -0.05) is 24.3 Å². The molecule has 2 aromatic rings. The van der Waals surface area contributed by atoms with Crippen molar-refractivity contribution in [3.63, 3.8) is 0 Å². The van der Waals surface area contributed by atoms with Gasteiger partial charge in [0.2, 0.25) is 0 Å². The Hall–Kier alpha value is -0.770. The number of likely N-dealkylation sites (N-methyl/N-ethyl adjacent to an activating group) is 1. The average Bonchev–Trinajstić information content (AvgIpc) is 2.29. The van der Waals surface area contributed by atoms with Crippen molar-refractivity contribution in [1.29, 1.82) is 0 Å². The Bertz CT molecular complexity index is 482. The molecule has 0 fully saturated rings. The summed E-state index contributed by atoms with van der Waals surface area (Å²) in [6, 6.07) is 10.3. The van der Waals surface area contributed by atoms with Crippen LogP contribution in [0.2, 0.25) is 0 Å². The molecule has 21 heavy (non-hydrogen) atoms. The highest BCUT2D eigenvalue weighted by atomic mass is 79.9. The molecule has 0 saturated heterocycles. The molecule has 0 spiro atoms. The Labute approximate surface area is 146 Å². The van der Waals surface area contributed by atoms with Crippen LogP contribution < -0.4 is 5.32 Å². The summed E-state index contributed by atoms with van der Waals surface area (Å²) < 4.78 is 0. The van der Waals surface area contributed by atoms with E-state index in [9.17, 15) is 0 Å². The molecule has 0 radical (unpaired) electrons. The van der Waals surface area contributed by atoms with Gasteiger partial charge in [-0.3, -0.25) is 0 Å². The van der Waals surface area contributed by atoms with Crippen LogP contribution in [0.15, 0.2) is 36.5 Å². The normalized spacial score (nSPS) is 8.33. The summed E-state index contributed by atoms with van der Waals surface area (Å²) in [7, 11) is 4.14. The van der Waals surface area contributed by atoms with Crippen molar-refractivity contribution in [3.05, 3.63) is 36.5 Å². The molecule has 1 aromatic carbocycles. The molecule has 0 bridgehead atoms. The van der Waals surface area contributed by atoms with Crippen LogP contribution in [-0.4, -0.2) is 53.5 Å². The standard InChI is InChI=1S/C13H17N3.2BrH.3H2O/c1-16(2)10-9-15-13-12-6-4-3-5-11(12)7-8-14-13;;;;;/h3-8H,9-10H2,1-2H3,(H,14,15);2*1H;3*1H2. The zero-order valence-electron chi connectivity index (χ0n) is 12.1. The SMILES string of the molecule is Br.Br.CN(C)CCNc1nccc2ccccc12.O.O.O. The van der Waals surface area contributed by atoms with Crippen molar-refractivity contribution in [2.24, 2.45) is 0 Å². The molecule has 0 amide bonds. The molecule has 2 rings (SSSR count). The molecule has 7 N–H and O–H groups in total. The van der Waals surface area contributed by atoms with E-state index in [1.807, 2.05) is 24.4 Å². The van der Waals surface area contributed by atoms with Gasteiger partial charge in [-0.05, 0) is 25.5 Å². The molecule has 0 atom stereocenters. The number of fused-ring (bicyclic) bond motifs is 1. The fourth-order valence-corrected chi connectivity index (χ4v) is 1.66. The molecule has 1 heterocycles. The van der Waals surface area contributed by atoms with E-state index in [2.05, 4.69) is 41.4 Å². The number of pyridine rings is 1. The Morgan fingerprint density at radius 2 is 1.62 bits per heavy atom. The lowest BCUT2D eigenvalue weighted by Crippen LogP contribution is -2.21. The van der Waals surface area contributed by atoms with Crippen LogP contribution in [0.3, 0.4) is 0 Å². The second-order valence-corrected chi connectivity index (χ2v) is 4.11. The van der Waals surface area contributed by atoms with Crippen LogP contribution in [0, 0.1) is 0 Å². The van der Waals surface area contributed by atoms with Gasteiger partial charge in [0, 0.05) is 24.7 Å². The minimum atomic E-state index is 0. The molecule has 0 unspecified atom stereocenters. The highest BCUT2D eigenvalue weighted by Crippen LogP contribution is 2.19. The summed E-state index contributed by atoms with van der Waals surface area (Å²) >= 11 is 0. The molecule has 124 valence electrons. The van der Waals surface area contributed by atoms with E-state index in [0.29, 0.717) is 0 Å². The van der Waals surface area contributed by atoms with E-state index < -0.39 is 0 Å². The number of nitrogens with zero attached hydrogens (tertiary/aromatic N) is 2. The van der Waals surface area contributed by atoms with Gasteiger partial charge in [0.1, 0.15) is 5.82 Å². The third-order valence-corrected chi connectivity index (χ3v) is 2.53. The highest BCUT2D eigenvalue weighted by Gasteiger charge is 2.00. The van der Waals surface area contributed by atoms with E-state index in [4.69, 9.17) is 0 Å². The first kappa shape index (κ1) is 28.4. The zero-order chi connectivity index (χ0) is 11.4. The molecule has 0 saturated carbocycles. The quantitative estimate of drug-likeness (QED) is 0.774. The number of hydrogen-bond donors (Lipinski definition) is 1. The first-order chi connectivity index (χ1) is 7.77. The Kier molecular flexibility index (Phi) is 19.2. The van der Waals surface area contributed by atoms with Crippen LogP contribution in [0.5, 0.6) is 0 Å². The van der Waals surface area contributed by atoms with Gasteiger partial charge in [-0.15, -0.1) is 34.0 Å². The van der Waals surface area contributed by atoms with Gasteiger partial charge in [0.15, 0.2) is 0 Å². The summed E-state index contributed by atoms with van der Waals surface area (Å²) in [6.45, 7) is 1.92. The van der Waals surface area contributed by atoms with Gasteiger partial charge >= 0.3 is 0 Å². The molecular weight excluding hydrogens is 406 g/mol. The first-order valence-corrected chi connectivity index (χ1v) is 5.50. The van der Waals surface area contributed by atoms with Crippen LogP contribution >= 0.6 is 34.0 Å². The molecule has 6 nitrogen and oxygen atoms in total. The van der Waals surface area contributed by atoms with E-state index in [-0.39, 0.29) is 50.4 Å². The maximum atomic E-state index is 4.37. The fraction of sp³-hybridized carbons (Fsp3) is 0.308. The summed E-state index contributed by atoms with van der Waals surface area (Å²) in [4.78, 5) is 6.53. The number of nitrogens with one attached hydrogen (secondary N) is 1. The molecule has 0 aliphatic carbocycles. The monoisotopic (exact) mass is 429 g/mol. The van der Waals surface area contributed by atoms with Crippen molar-refractivity contribution >= 4 is 50.6 Å². The van der Waals surface area contributed by atoms with E-state index in [1.54, 1.807) is 0 Å². The topological polar surface area (TPSA) is 123 Å². The van der Waals surface area contributed by atoms with Crippen LogP contribution in [0.4, 0.5) is 5.82 Å². The van der Waals surface area contributed by atoms with E-state index in [1.165, 1.54) is 10.8 Å². The largest absolute Gasteiger partial charge is 0.412 e. The van der Waals surface area contributed by atoms with E-state index >= 15 is 0 Å². The van der Waals surface area contributed by atoms with Crippen molar-refractivity contribution in [2.75, 3.05) is 32.5 Å². The predicted molar refractivity (Wildman–Crippen MR) is 100 cm³/mol. The second-order valence-electron chi connectivity index (χ2n) is 4.11. The minimum Gasteiger partial charge on any atom is -0.412 e.